The van der Waals surface area contributed by atoms with Crippen molar-refractivity contribution in [1.82, 2.24) is 15.3 Å². The normalized spacial score (nSPS) is 24.7. The van der Waals surface area contributed by atoms with Crippen LogP contribution in [0.2, 0.25) is 0 Å². The van der Waals surface area contributed by atoms with Gasteiger partial charge in [0, 0.05) is 38.3 Å². The molecular weight excluding hydrogens is 380 g/mol. The number of anilines is 1. The Morgan fingerprint density at radius 1 is 1.07 bits per heavy atom. The summed E-state index contributed by atoms with van der Waals surface area (Å²) >= 11 is 0. The number of sulfone groups is 1. The van der Waals surface area contributed by atoms with Gasteiger partial charge in [0.15, 0.2) is 9.84 Å². The van der Waals surface area contributed by atoms with E-state index in [4.69, 9.17) is 0 Å². The number of benzene rings is 1. The third-order valence-corrected chi connectivity index (χ3v) is 7.23. The maximum absolute atomic E-state index is 12.9. The Bertz CT molecular complexity index is 892. The van der Waals surface area contributed by atoms with E-state index in [2.05, 4.69) is 22.5 Å². The highest BCUT2D eigenvalue weighted by atomic mass is 32.2. The standard InChI is InChI=1S/C19H24N4O4S/c24-18-7-6-17(20-23(18)16-8-13-28(26,27)14-16)19(25)22-11-9-21(10-12-22)15-4-2-1-3-5-15/h1-6,16,20H,7-14H2/t16-/m1/s1. The number of amides is 2. The number of hydrogen-bond acceptors (Lipinski definition) is 6. The third kappa shape index (κ3) is 3.84. The van der Waals surface area contributed by atoms with Crippen molar-refractivity contribution in [1.29, 1.82) is 0 Å². The first-order chi connectivity index (χ1) is 13.4. The van der Waals surface area contributed by atoms with E-state index in [9.17, 15) is 18.0 Å². The molecule has 3 aliphatic rings. The molecule has 0 bridgehead atoms. The first-order valence-corrected chi connectivity index (χ1v) is 11.3. The predicted molar refractivity (Wildman–Crippen MR) is 105 cm³/mol. The smallest absolute Gasteiger partial charge is 0.271 e. The number of hydrazine groups is 1. The van der Waals surface area contributed by atoms with Crippen molar-refractivity contribution in [3.05, 3.63) is 42.1 Å². The molecule has 0 saturated carbocycles. The molecule has 0 radical (unpaired) electrons. The molecule has 0 aromatic heterocycles. The Morgan fingerprint density at radius 2 is 1.79 bits per heavy atom. The van der Waals surface area contributed by atoms with Crippen LogP contribution in [-0.4, -0.2) is 73.9 Å². The second-order valence-electron chi connectivity index (χ2n) is 7.37. The lowest BCUT2D eigenvalue weighted by atomic mass is 10.1. The number of carbonyl (C=O) groups excluding carboxylic acids is 2. The number of nitrogens with zero attached hydrogens (tertiary/aromatic N) is 3. The van der Waals surface area contributed by atoms with Crippen molar-refractivity contribution in [3.63, 3.8) is 0 Å². The van der Waals surface area contributed by atoms with Crippen LogP contribution in [0.5, 0.6) is 0 Å². The fourth-order valence-corrected chi connectivity index (χ4v) is 5.61. The summed E-state index contributed by atoms with van der Waals surface area (Å²) in [6.07, 6.45) is 2.11. The molecule has 4 rings (SSSR count). The molecule has 2 amide bonds. The van der Waals surface area contributed by atoms with Gasteiger partial charge < -0.3 is 9.80 Å². The van der Waals surface area contributed by atoms with Gasteiger partial charge in [-0.15, -0.1) is 0 Å². The van der Waals surface area contributed by atoms with Gasteiger partial charge in [-0.2, -0.15) is 0 Å². The number of hydrogen-bond donors (Lipinski definition) is 1. The molecule has 9 heteroatoms. The molecule has 28 heavy (non-hydrogen) atoms. The van der Waals surface area contributed by atoms with E-state index < -0.39 is 15.9 Å². The Morgan fingerprint density at radius 3 is 2.43 bits per heavy atom. The lowest BCUT2D eigenvalue weighted by Crippen LogP contribution is -2.56. The molecule has 0 aliphatic carbocycles. The van der Waals surface area contributed by atoms with E-state index in [1.54, 1.807) is 11.0 Å². The first-order valence-electron chi connectivity index (χ1n) is 9.51. The number of rotatable bonds is 3. The van der Waals surface area contributed by atoms with Crippen LogP contribution in [-0.2, 0) is 19.4 Å². The third-order valence-electron chi connectivity index (χ3n) is 5.48. The number of piperazine rings is 1. The van der Waals surface area contributed by atoms with Crippen molar-refractivity contribution in [2.24, 2.45) is 0 Å². The Balaban J connectivity index is 1.38. The summed E-state index contributed by atoms with van der Waals surface area (Å²) in [6, 6.07) is 9.68. The van der Waals surface area contributed by atoms with Gasteiger partial charge in [0.2, 0.25) is 5.91 Å². The van der Waals surface area contributed by atoms with Crippen molar-refractivity contribution >= 4 is 27.3 Å². The molecule has 2 saturated heterocycles. The van der Waals surface area contributed by atoms with Gasteiger partial charge in [0.05, 0.1) is 17.5 Å². The fraction of sp³-hybridized carbons (Fsp3) is 0.474. The van der Waals surface area contributed by atoms with Crippen LogP contribution in [0.4, 0.5) is 5.69 Å². The zero-order valence-electron chi connectivity index (χ0n) is 15.6. The molecule has 2 fully saturated rings. The van der Waals surface area contributed by atoms with E-state index >= 15 is 0 Å². The Labute approximate surface area is 164 Å². The summed E-state index contributed by atoms with van der Waals surface area (Å²) in [7, 11) is -3.11. The minimum absolute atomic E-state index is 0.0526. The van der Waals surface area contributed by atoms with E-state index in [1.807, 2.05) is 18.2 Å². The molecule has 1 N–H and O–H groups in total. The minimum atomic E-state index is -3.11. The molecule has 1 aromatic carbocycles. The molecule has 0 unspecified atom stereocenters. The van der Waals surface area contributed by atoms with Crippen LogP contribution in [0.3, 0.4) is 0 Å². The molecule has 0 spiro atoms. The predicted octanol–water partition coefficient (Wildman–Crippen LogP) is 0.143. The van der Waals surface area contributed by atoms with Gasteiger partial charge in [0.25, 0.3) is 5.91 Å². The number of nitrogens with one attached hydrogen (secondary N) is 1. The van der Waals surface area contributed by atoms with Crippen LogP contribution in [0.1, 0.15) is 12.8 Å². The molecule has 8 nitrogen and oxygen atoms in total. The highest BCUT2D eigenvalue weighted by Crippen LogP contribution is 2.21. The van der Waals surface area contributed by atoms with E-state index in [-0.39, 0.29) is 29.7 Å². The van der Waals surface area contributed by atoms with Crippen LogP contribution in [0.25, 0.3) is 0 Å². The van der Waals surface area contributed by atoms with Crippen LogP contribution in [0, 0.1) is 0 Å². The molecular formula is C19H24N4O4S. The Kier molecular flexibility index (Phi) is 5.01. The number of carbonyl (C=O) groups is 2. The quantitative estimate of drug-likeness (QED) is 0.771. The summed E-state index contributed by atoms with van der Waals surface area (Å²) < 4.78 is 23.5. The van der Waals surface area contributed by atoms with E-state index in [1.165, 1.54) is 5.01 Å². The van der Waals surface area contributed by atoms with Gasteiger partial charge in [-0.3, -0.25) is 20.0 Å². The van der Waals surface area contributed by atoms with Crippen molar-refractivity contribution in [2.75, 3.05) is 42.6 Å². The van der Waals surface area contributed by atoms with Crippen molar-refractivity contribution < 1.29 is 18.0 Å². The van der Waals surface area contributed by atoms with Crippen molar-refractivity contribution in [2.45, 2.75) is 18.9 Å². The van der Waals surface area contributed by atoms with Crippen molar-refractivity contribution in [3.8, 4) is 0 Å². The summed E-state index contributed by atoms with van der Waals surface area (Å²) in [6.45, 7) is 2.68. The topological polar surface area (TPSA) is 90.0 Å². The highest BCUT2D eigenvalue weighted by Gasteiger charge is 2.37. The second-order valence-corrected chi connectivity index (χ2v) is 9.60. The number of para-hydroxylation sites is 1. The second kappa shape index (κ2) is 7.46. The lowest BCUT2D eigenvalue weighted by molar-refractivity contribution is -0.137. The minimum Gasteiger partial charge on any atom is -0.368 e. The zero-order valence-corrected chi connectivity index (χ0v) is 16.4. The fourth-order valence-electron chi connectivity index (χ4n) is 3.91. The maximum atomic E-state index is 12.9. The largest absolute Gasteiger partial charge is 0.368 e. The molecule has 150 valence electrons. The SMILES string of the molecule is O=C(C1=CCC(=O)N([C@@H]2CCS(=O)(=O)C2)N1)N1CCN(c2ccccc2)CC1. The zero-order chi connectivity index (χ0) is 19.7. The van der Waals surface area contributed by atoms with Crippen LogP contribution < -0.4 is 10.3 Å². The molecule has 3 heterocycles. The lowest BCUT2D eigenvalue weighted by Gasteiger charge is -2.38. The average Bonchev–Trinajstić information content (AvgIpc) is 3.08. The Hall–Kier alpha value is -2.55. The van der Waals surface area contributed by atoms with Gasteiger partial charge in [-0.25, -0.2) is 8.42 Å². The van der Waals surface area contributed by atoms with Crippen LogP contribution in [0.15, 0.2) is 42.1 Å². The highest BCUT2D eigenvalue weighted by molar-refractivity contribution is 7.91. The van der Waals surface area contributed by atoms with Crippen LogP contribution >= 0.6 is 0 Å². The summed E-state index contributed by atoms with van der Waals surface area (Å²) in [5.41, 5.74) is 4.40. The molecule has 3 aliphatic heterocycles. The first kappa shape index (κ1) is 18.8. The van der Waals surface area contributed by atoms with Gasteiger partial charge in [-0.05, 0) is 24.6 Å². The molecule has 1 atom stereocenters. The average molecular weight is 404 g/mol. The van der Waals surface area contributed by atoms with Gasteiger partial charge in [0.1, 0.15) is 5.70 Å². The molecule has 1 aromatic rings. The van der Waals surface area contributed by atoms with E-state index in [0.29, 0.717) is 25.2 Å². The monoisotopic (exact) mass is 404 g/mol. The summed E-state index contributed by atoms with van der Waals surface area (Å²) in [4.78, 5) is 29.2. The summed E-state index contributed by atoms with van der Waals surface area (Å²) in [5.74, 6) is -0.320. The van der Waals surface area contributed by atoms with E-state index in [0.717, 1.165) is 18.8 Å². The van der Waals surface area contributed by atoms with Gasteiger partial charge in [-0.1, -0.05) is 18.2 Å². The maximum Gasteiger partial charge on any atom is 0.271 e. The summed E-state index contributed by atoms with van der Waals surface area (Å²) in [5, 5.41) is 1.35. The van der Waals surface area contributed by atoms with Gasteiger partial charge >= 0.3 is 0 Å².